The van der Waals surface area contributed by atoms with Crippen molar-refractivity contribution in [1.82, 2.24) is 15.0 Å². The van der Waals surface area contributed by atoms with E-state index >= 15 is 0 Å². The zero-order chi connectivity index (χ0) is 21.9. The van der Waals surface area contributed by atoms with Crippen LogP contribution in [0.2, 0.25) is 0 Å². The summed E-state index contributed by atoms with van der Waals surface area (Å²) in [5.41, 5.74) is 2.81. The van der Waals surface area contributed by atoms with Crippen molar-refractivity contribution in [3.8, 4) is 11.3 Å². The Morgan fingerprint density at radius 2 is 1.97 bits per heavy atom. The van der Waals surface area contributed by atoms with Crippen LogP contribution in [0, 0.1) is 17.4 Å². The van der Waals surface area contributed by atoms with Crippen LogP contribution >= 0.6 is 22.6 Å². The largest absolute Gasteiger partial charge is 0.437 e. The number of nitrogens with one attached hydrogen (secondary N) is 2. The molecule has 0 fully saturated rings. The molecule has 0 bridgehead atoms. The van der Waals surface area contributed by atoms with Crippen LogP contribution in [0.4, 0.5) is 0 Å². The lowest BCUT2D eigenvalue weighted by Crippen LogP contribution is -2.26. The SMILES string of the molecule is [CH2]CCCNS(=O)(=O)Cc1nc2oc(-c3ccc(C)cc3)c(C(=O)NC)c2cc1I. The summed E-state index contributed by atoms with van der Waals surface area (Å²) >= 11 is 2.04. The van der Waals surface area contributed by atoms with Gasteiger partial charge in [0.15, 0.2) is 0 Å². The van der Waals surface area contributed by atoms with Crippen molar-refractivity contribution in [3.05, 3.63) is 57.6 Å². The predicted octanol–water partition coefficient (Wildman–Crippen LogP) is 3.80. The molecule has 1 aromatic carbocycles. The lowest BCUT2D eigenvalue weighted by atomic mass is 10.0. The van der Waals surface area contributed by atoms with E-state index in [-0.39, 0.29) is 17.4 Å². The number of aryl methyl sites for hydroxylation is 1. The molecule has 30 heavy (non-hydrogen) atoms. The van der Waals surface area contributed by atoms with Gasteiger partial charge in [0.05, 0.1) is 16.6 Å². The highest BCUT2D eigenvalue weighted by Gasteiger charge is 2.24. The fourth-order valence-corrected chi connectivity index (χ4v) is 5.00. The van der Waals surface area contributed by atoms with Gasteiger partial charge in [-0.1, -0.05) is 43.2 Å². The van der Waals surface area contributed by atoms with Crippen molar-refractivity contribution in [2.45, 2.75) is 25.5 Å². The first-order valence-electron chi connectivity index (χ1n) is 9.43. The van der Waals surface area contributed by atoms with Gasteiger partial charge in [-0.2, -0.15) is 0 Å². The van der Waals surface area contributed by atoms with Crippen LogP contribution in [0.25, 0.3) is 22.4 Å². The Morgan fingerprint density at radius 3 is 2.60 bits per heavy atom. The first-order chi connectivity index (χ1) is 14.3. The molecule has 0 saturated carbocycles. The standard InChI is InChI=1S/C21H23IN3O4S/c1-4-5-10-24-30(27,28)12-17-16(22)11-15-18(20(26)23-3)19(29-21(15)25-17)14-8-6-13(2)7-9-14/h6-9,11,24H,1,4-5,10,12H2,2-3H3,(H,23,26). The molecule has 2 heterocycles. The Bertz CT molecular complexity index is 1170. The van der Waals surface area contributed by atoms with Crippen LogP contribution in [-0.2, 0) is 15.8 Å². The molecule has 3 aromatic rings. The molecule has 0 aliphatic heterocycles. The Hall–Kier alpha value is -1.98. The second-order valence-electron chi connectivity index (χ2n) is 6.88. The molecular formula is C21H23IN3O4S. The summed E-state index contributed by atoms with van der Waals surface area (Å²) in [6, 6.07) is 9.37. The zero-order valence-electron chi connectivity index (χ0n) is 16.8. The third kappa shape index (κ3) is 5.01. The predicted molar refractivity (Wildman–Crippen MR) is 126 cm³/mol. The summed E-state index contributed by atoms with van der Waals surface area (Å²) in [4.78, 5) is 17.1. The van der Waals surface area contributed by atoms with Crippen LogP contribution in [0.3, 0.4) is 0 Å². The number of hydrogen-bond donors (Lipinski definition) is 2. The maximum absolute atomic E-state index is 12.6. The van der Waals surface area contributed by atoms with E-state index in [0.29, 0.717) is 45.4 Å². The topological polar surface area (TPSA) is 101 Å². The highest BCUT2D eigenvalue weighted by Crippen LogP contribution is 2.34. The lowest BCUT2D eigenvalue weighted by molar-refractivity contribution is 0.0964. The summed E-state index contributed by atoms with van der Waals surface area (Å²) in [5.74, 6) is -0.160. The second-order valence-corrected chi connectivity index (χ2v) is 9.85. The molecule has 9 heteroatoms. The van der Waals surface area contributed by atoms with Gasteiger partial charge in [-0.05, 0) is 42.0 Å². The van der Waals surface area contributed by atoms with Crippen LogP contribution < -0.4 is 10.0 Å². The number of halogens is 1. The van der Waals surface area contributed by atoms with Crippen LogP contribution in [0.15, 0.2) is 34.7 Å². The lowest BCUT2D eigenvalue weighted by Gasteiger charge is -2.07. The van der Waals surface area contributed by atoms with Gasteiger partial charge < -0.3 is 9.73 Å². The van der Waals surface area contributed by atoms with Crippen molar-refractivity contribution >= 4 is 49.6 Å². The van der Waals surface area contributed by atoms with E-state index in [1.165, 1.54) is 0 Å². The molecule has 0 saturated heterocycles. The van der Waals surface area contributed by atoms with Crippen molar-refractivity contribution in [2.24, 2.45) is 0 Å². The molecule has 0 aliphatic carbocycles. The quantitative estimate of drug-likeness (QED) is 0.335. The average Bonchev–Trinajstić information content (AvgIpc) is 3.06. The molecule has 0 unspecified atom stereocenters. The minimum absolute atomic E-state index is 0.229. The minimum atomic E-state index is -3.55. The first kappa shape index (κ1) is 22.7. The summed E-state index contributed by atoms with van der Waals surface area (Å²) in [7, 11) is -1.99. The summed E-state index contributed by atoms with van der Waals surface area (Å²) in [5, 5.41) is 3.18. The molecule has 0 atom stereocenters. The third-order valence-electron chi connectivity index (χ3n) is 4.55. The maximum atomic E-state index is 12.6. The van der Waals surface area contributed by atoms with Gasteiger partial charge in [-0.25, -0.2) is 18.1 Å². The number of benzene rings is 1. The molecule has 0 spiro atoms. The smallest absolute Gasteiger partial charge is 0.255 e. The van der Waals surface area contributed by atoms with Crippen molar-refractivity contribution in [2.75, 3.05) is 13.6 Å². The number of carbonyl (C=O) groups is 1. The Morgan fingerprint density at radius 1 is 1.27 bits per heavy atom. The zero-order valence-corrected chi connectivity index (χ0v) is 19.8. The number of rotatable bonds is 8. The van der Waals surface area contributed by atoms with Gasteiger partial charge in [0.1, 0.15) is 11.5 Å². The van der Waals surface area contributed by atoms with Gasteiger partial charge in [0.2, 0.25) is 15.7 Å². The van der Waals surface area contributed by atoms with Crippen LogP contribution in [0.1, 0.15) is 34.5 Å². The molecule has 159 valence electrons. The number of sulfonamides is 1. The van der Waals surface area contributed by atoms with Gasteiger partial charge in [0, 0.05) is 22.7 Å². The van der Waals surface area contributed by atoms with Gasteiger partial charge in [0.25, 0.3) is 5.91 Å². The van der Waals surface area contributed by atoms with E-state index < -0.39 is 10.0 Å². The fraction of sp³-hybridized carbons (Fsp3) is 0.286. The number of pyridine rings is 1. The number of unbranched alkanes of at least 4 members (excludes halogenated alkanes) is 1. The molecule has 2 N–H and O–H groups in total. The van der Waals surface area contributed by atoms with Crippen molar-refractivity contribution < 1.29 is 17.6 Å². The van der Waals surface area contributed by atoms with E-state index in [4.69, 9.17) is 4.42 Å². The average molecular weight is 540 g/mol. The monoisotopic (exact) mass is 540 g/mol. The van der Waals surface area contributed by atoms with Gasteiger partial charge in [-0.15, -0.1) is 0 Å². The molecule has 7 nitrogen and oxygen atoms in total. The normalized spacial score (nSPS) is 11.7. The molecular weight excluding hydrogens is 517 g/mol. The highest BCUT2D eigenvalue weighted by molar-refractivity contribution is 14.1. The number of nitrogens with zero attached hydrogens (tertiary/aromatic N) is 1. The molecule has 3 rings (SSSR count). The molecule has 2 aromatic heterocycles. The number of furan rings is 1. The Kier molecular flexibility index (Phi) is 7.14. The molecule has 1 amide bonds. The Balaban J connectivity index is 2.08. The maximum Gasteiger partial charge on any atom is 0.255 e. The summed E-state index contributed by atoms with van der Waals surface area (Å²) in [6.07, 6.45) is 1.32. The van der Waals surface area contributed by atoms with E-state index in [1.807, 2.05) is 53.8 Å². The Labute approximate surface area is 189 Å². The number of hydrogen-bond acceptors (Lipinski definition) is 5. The van der Waals surface area contributed by atoms with Crippen molar-refractivity contribution in [1.29, 1.82) is 0 Å². The molecule has 1 radical (unpaired) electrons. The van der Waals surface area contributed by atoms with E-state index in [9.17, 15) is 13.2 Å². The van der Waals surface area contributed by atoms with E-state index in [1.54, 1.807) is 13.1 Å². The summed E-state index contributed by atoms with van der Waals surface area (Å²) < 4.78 is 33.9. The number of fused-ring (bicyclic) bond motifs is 1. The van der Waals surface area contributed by atoms with Gasteiger partial charge >= 0.3 is 0 Å². The van der Waals surface area contributed by atoms with E-state index in [0.717, 1.165) is 11.1 Å². The van der Waals surface area contributed by atoms with Crippen LogP contribution in [0.5, 0.6) is 0 Å². The third-order valence-corrected chi connectivity index (χ3v) is 6.78. The van der Waals surface area contributed by atoms with Crippen molar-refractivity contribution in [3.63, 3.8) is 0 Å². The molecule has 0 aliphatic rings. The number of amides is 1. The number of carbonyl (C=O) groups excluding carboxylic acids is 1. The first-order valence-corrected chi connectivity index (χ1v) is 12.2. The summed E-state index contributed by atoms with van der Waals surface area (Å²) in [6.45, 7) is 6.02. The van der Waals surface area contributed by atoms with Gasteiger partial charge in [-0.3, -0.25) is 4.79 Å². The van der Waals surface area contributed by atoms with E-state index in [2.05, 4.69) is 21.9 Å². The van der Waals surface area contributed by atoms with Crippen LogP contribution in [-0.4, -0.2) is 32.9 Å². The fourth-order valence-electron chi connectivity index (χ4n) is 2.98. The number of aromatic nitrogens is 1. The minimum Gasteiger partial charge on any atom is -0.437 e. The second kappa shape index (κ2) is 9.44. The highest BCUT2D eigenvalue weighted by atomic mass is 127.